The Balaban J connectivity index is 2.16. The van der Waals surface area contributed by atoms with Gasteiger partial charge in [0.2, 0.25) is 5.91 Å². The maximum atomic E-state index is 11.8. The molecular weight excluding hydrogens is 242 g/mol. The number of piperidine rings is 1. The van der Waals surface area contributed by atoms with Crippen molar-refractivity contribution in [3.8, 4) is 0 Å². The molecule has 0 spiro atoms. The van der Waals surface area contributed by atoms with Gasteiger partial charge in [-0.05, 0) is 32.7 Å². The fraction of sp³-hybridized carbons (Fsp3) is 0.929. The number of methoxy groups -OCH3 is 1. The van der Waals surface area contributed by atoms with Gasteiger partial charge in [0, 0.05) is 32.3 Å². The molecule has 112 valence electrons. The zero-order valence-electron chi connectivity index (χ0n) is 12.6. The molecule has 0 radical (unpaired) electrons. The van der Waals surface area contributed by atoms with Crippen LogP contribution in [-0.4, -0.2) is 62.8 Å². The number of rotatable bonds is 8. The molecule has 1 rings (SSSR count). The first-order chi connectivity index (χ1) is 9.15. The first-order valence-electron chi connectivity index (χ1n) is 7.39. The standard InChI is InChI=1S/C14H29N3O2/c1-4-7-15-13-5-8-17(9-6-13)10-14(18)16-12(2)11-19-3/h12-13,15H,4-11H2,1-3H3,(H,16,18). The number of nitrogens with zero attached hydrogens (tertiary/aromatic N) is 1. The van der Waals surface area contributed by atoms with E-state index in [4.69, 9.17) is 4.74 Å². The van der Waals surface area contributed by atoms with Gasteiger partial charge in [-0.2, -0.15) is 0 Å². The number of hydrogen-bond donors (Lipinski definition) is 2. The van der Waals surface area contributed by atoms with E-state index >= 15 is 0 Å². The van der Waals surface area contributed by atoms with Crippen molar-refractivity contribution < 1.29 is 9.53 Å². The molecule has 0 aromatic heterocycles. The predicted octanol–water partition coefficient (Wildman–Crippen LogP) is 0.602. The summed E-state index contributed by atoms with van der Waals surface area (Å²) in [6, 6.07) is 0.716. The molecule has 2 N–H and O–H groups in total. The van der Waals surface area contributed by atoms with E-state index < -0.39 is 0 Å². The molecule has 1 saturated heterocycles. The summed E-state index contributed by atoms with van der Waals surface area (Å²) in [4.78, 5) is 14.1. The number of carbonyl (C=O) groups is 1. The van der Waals surface area contributed by atoms with Crippen molar-refractivity contribution in [3.05, 3.63) is 0 Å². The molecule has 1 heterocycles. The maximum absolute atomic E-state index is 11.8. The van der Waals surface area contributed by atoms with E-state index in [1.807, 2.05) is 6.92 Å². The Morgan fingerprint density at radius 2 is 2.11 bits per heavy atom. The number of nitrogens with one attached hydrogen (secondary N) is 2. The van der Waals surface area contributed by atoms with Gasteiger partial charge in [-0.1, -0.05) is 6.92 Å². The molecule has 1 aliphatic rings. The summed E-state index contributed by atoms with van der Waals surface area (Å²) in [7, 11) is 1.65. The summed E-state index contributed by atoms with van der Waals surface area (Å²) in [6.45, 7) is 8.33. The summed E-state index contributed by atoms with van der Waals surface area (Å²) in [6.07, 6.45) is 3.46. The third-order valence-corrected chi connectivity index (χ3v) is 3.46. The van der Waals surface area contributed by atoms with E-state index in [1.54, 1.807) is 7.11 Å². The van der Waals surface area contributed by atoms with Gasteiger partial charge in [-0.15, -0.1) is 0 Å². The van der Waals surface area contributed by atoms with Gasteiger partial charge < -0.3 is 15.4 Å². The molecule has 1 fully saturated rings. The van der Waals surface area contributed by atoms with Crippen molar-refractivity contribution >= 4 is 5.91 Å². The lowest BCUT2D eigenvalue weighted by Crippen LogP contribution is -2.47. The summed E-state index contributed by atoms with van der Waals surface area (Å²) >= 11 is 0. The van der Waals surface area contributed by atoms with E-state index in [1.165, 1.54) is 6.42 Å². The second-order valence-electron chi connectivity index (χ2n) is 5.43. The number of hydrogen-bond acceptors (Lipinski definition) is 4. The minimum absolute atomic E-state index is 0.0845. The second-order valence-corrected chi connectivity index (χ2v) is 5.43. The van der Waals surface area contributed by atoms with Gasteiger partial charge in [0.05, 0.1) is 13.2 Å². The third kappa shape index (κ3) is 6.89. The number of likely N-dealkylation sites (tertiary alicyclic amines) is 1. The van der Waals surface area contributed by atoms with E-state index in [-0.39, 0.29) is 11.9 Å². The van der Waals surface area contributed by atoms with Gasteiger partial charge >= 0.3 is 0 Å². The van der Waals surface area contributed by atoms with E-state index in [0.717, 1.165) is 32.5 Å². The van der Waals surface area contributed by atoms with Crippen LogP contribution in [0.15, 0.2) is 0 Å². The van der Waals surface area contributed by atoms with Crippen LogP contribution in [0.25, 0.3) is 0 Å². The Labute approximate surface area is 117 Å². The zero-order chi connectivity index (χ0) is 14.1. The normalized spacial score (nSPS) is 19.3. The highest BCUT2D eigenvalue weighted by molar-refractivity contribution is 5.78. The van der Waals surface area contributed by atoms with Crippen molar-refractivity contribution in [3.63, 3.8) is 0 Å². The van der Waals surface area contributed by atoms with Crippen LogP contribution in [-0.2, 0) is 9.53 Å². The Hall–Kier alpha value is -0.650. The highest BCUT2D eigenvalue weighted by atomic mass is 16.5. The highest BCUT2D eigenvalue weighted by Gasteiger charge is 2.20. The third-order valence-electron chi connectivity index (χ3n) is 3.46. The molecule has 0 aliphatic carbocycles. The van der Waals surface area contributed by atoms with Crippen molar-refractivity contribution in [2.45, 2.75) is 45.2 Å². The Bertz CT molecular complexity index is 253. The number of amides is 1. The van der Waals surface area contributed by atoms with Crippen molar-refractivity contribution in [2.75, 3.05) is 39.9 Å². The topological polar surface area (TPSA) is 53.6 Å². The lowest BCUT2D eigenvalue weighted by atomic mass is 10.0. The molecule has 0 aromatic rings. The smallest absolute Gasteiger partial charge is 0.234 e. The largest absolute Gasteiger partial charge is 0.383 e. The minimum atomic E-state index is 0.0845. The Morgan fingerprint density at radius 3 is 2.68 bits per heavy atom. The van der Waals surface area contributed by atoms with Gasteiger partial charge in [-0.3, -0.25) is 9.69 Å². The zero-order valence-corrected chi connectivity index (χ0v) is 12.6. The van der Waals surface area contributed by atoms with E-state index in [0.29, 0.717) is 19.2 Å². The van der Waals surface area contributed by atoms with E-state index in [2.05, 4.69) is 22.5 Å². The lowest BCUT2D eigenvalue weighted by molar-refractivity contribution is -0.123. The van der Waals surface area contributed by atoms with Crippen LogP contribution in [0.5, 0.6) is 0 Å². The van der Waals surface area contributed by atoms with Crippen LogP contribution in [0.3, 0.4) is 0 Å². The molecule has 1 unspecified atom stereocenters. The SMILES string of the molecule is CCCNC1CCN(CC(=O)NC(C)COC)CC1. The second kappa shape index (κ2) is 9.28. The first-order valence-corrected chi connectivity index (χ1v) is 7.39. The average Bonchev–Trinajstić information content (AvgIpc) is 2.38. The average molecular weight is 271 g/mol. The molecule has 0 aromatic carbocycles. The quantitative estimate of drug-likeness (QED) is 0.679. The maximum Gasteiger partial charge on any atom is 0.234 e. The number of carbonyl (C=O) groups excluding carboxylic acids is 1. The molecule has 1 amide bonds. The Morgan fingerprint density at radius 1 is 1.42 bits per heavy atom. The minimum Gasteiger partial charge on any atom is -0.383 e. The van der Waals surface area contributed by atoms with Crippen LogP contribution < -0.4 is 10.6 Å². The van der Waals surface area contributed by atoms with Crippen LogP contribution in [0.4, 0.5) is 0 Å². The molecule has 1 aliphatic heterocycles. The lowest BCUT2D eigenvalue weighted by Gasteiger charge is -2.32. The van der Waals surface area contributed by atoms with Crippen LogP contribution in [0, 0.1) is 0 Å². The summed E-state index contributed by atoms with van der Waals surface area (Å²) < 4.78 is 5.01. The highest BCUT2D eigenvalue weighted by Crippen LogP contribution is 2.09. The summed E-state index contributed by atoms with van der Waals surface area (Å²) in [5, 5.41) is 6.50. The molecule has 1 atom stereocenters. The first kappa shape index (κ1) is 16.4. The Kier molecular flexibility index (Phi) is 8.02. The van der Waals surface area contributed by atoms with Gasteiger partial charge in [-0.25, -0.2) is 0 Å². The van der Waals surface area contributed by atoms with Crippen molar-refractivity contribution in [1.29, 1.82) is 0 Å². The molecule has 5 nitrogen and oxygen atoms in total. The number of ether oxygens (including phenoxy) is 1. The van der Waals surface area contributed by atoms with Crippen LogP contribution in [0.2, 0.25) is 0 Å². The van der Waals surface area contributed by atoms with Crippen LogP contribution in [0.1, 0.15) is 33.1 Å². The van der Waals surface area contributed by atoms with Crippen LogP contribution >= 0.6 is 0 Å². The van der Waals surface area contributed by atoms with E-state index in [9.17, 15) is 4.79 Å². The molecular formula is C14H29N3O2. The fourth-order valence-electron chi connectivity index (χ4n) is 2.46. The molecule has 19 heavy (non-hydrogen) atoms. The monoisotopic (exact) mass is 271 g/mol. The summed E-state index contributed by atoms with van der Waals surface area (Å²) in [5.74, 6) is 0.101. The van der Waals surface area contributed by atoms with Crippen molar-refractivity contribution in [2.24, 2.45) is 0 Å². The van der Waals surface area contributed by atoms with Crippen molar-refractivity contribution in [1.82, 2.24) is 15.5 Å². The molecule has 5 heteroatoms. The molecule has 0 bridgehead atoms. The van der Waals surface area contributed by atoms with Gasteiger partial charge in [0.25, 0.3) is 0 Å². The predicted molar refractivity (Wildman–Crippen MR) is 77.2 cm³/mol. The fourth-order valence-corrected chi connectivity index (χ4v) is 2.46. The molecule has 0 saturated carbocycles. The van der Waals surface area contributed by atoms with Gasteiger partial charge in [0.15, 0.2) is 0 Å². The summed E-state index contributed by atoms with van der Waals surface area (Å²) in [5.41, 5.74) is 0. The van der Waals surface area contributed by atoms with Gasteiger partial charge in [0.1, 0.15) is 0 Å².